The Kier molecular flexibility index (Phi) is 4.71. The highest BCUT2D eigenvalue weighted by molar-refractivity contribution is 9.10. The van der Waals surface area contributed by atoms with Crippen LogP contribution in [0.25, 0.3) is 0 Å². The Balaban J connectivity index is 1.72. The molecule has 0 aliphatic carbocycles. The van der Waals surface area contributed by atoms with Gasteiger partial charge in [-0.25, -0.2) is 0 Å². The van der Waals surface area contributed by atoms with Crippen LogP contribution < -0.4 is 10.2 Å². The molecule has 124 valence electrons. The van der Waals surface area contributed by atoms with Crippen molar-refractivity contribution < 1.29 is 9.59 Å². The van der Waals surface area contributed by atoms with Crippen LogP contribution in [0.15, 0.2) is 46.9 Å². The van der Waals surface area contributed by atoms with E-state index < -0.39 is 0 Å². The van der Waals surface area contributed by atoms with Crippen molar-refractivity contribution in [3.05, 3.63) is 58.1 Å². The van der Waals surface area contributed by atoms with Gasteiger partial charge in [-0.15, -0.1) is 0 Å². The minimum absolute atomic E-state index is 0.00622. The smallest absolute Gasteiger partial charge is 0.229 e. The van der Waals surface area contributed by atoms with Crippen molar-refractivity contribution in [1.82, 2.24) is 0 Å². The van der Waals surface area contributed by atoms with Crippen LogP contribution in [0.5, 0.6) is 0 Å². The van der Waals surface area contributed by atoms with Crippen LogP contribution in [0.1, 0.15) is 17.5 Å². The summed E-state index contributed by atoms with van der Waals surface area (Å²) in [6.07, 6.45) is 0.245. The molecule has 1 aliphatic rings. The molecule has 1 heterocycles. The van der Waals surface area contributed by atoms with Crippen LogP contribution in [-0.4, -0.2) is 18.4 Å². The molecule has 0 saturated carbocycles. The summed E-state index contributed by atoms with van der Waals surface area (Å²) >= 11 is 3.41. The molecule has 1 N–H and O–H groups in total. The van der Waals surface area contributed by atoms with Crippen molar-refractivity contribution >= 4 is 39.1 Å². The fraction of sp³-hybridized carbons (Fsp3) is 0.263. The molecule has 4 nitrogen and oxygen atoms in total. The molecule has 1 saturated heterocycles. The standard InChI is InChI=1S/C19H19BrN2O2/c1-12-4-3-5-16(8-12)22-11-14(10-18(22)23)19(24)21-17-7-6-15(20)9-13(17)2/h3-9,14H,10-11H2,1-2H3,(H,21,24)/t14-/m0/s1. The molecule has 5 heteroatoms. The number of nitrogens with one attached hydrogen (secondary N) is 1. The third-order valence-electron chi connectivity index (χ3n) is 4.26. The van der Waals surface area contributed by atoms with E-state index in [2.05, 4.69) is 21.2 Å². The van der Waals surface area contributed by atoms with Crippen molar-refractivity contribution in [3.8, 4) is 0 Å². The summed E-state index contributed by atoms with van der Waals surface area (Å²) in [5.74, 6) is -0.446. The summed E-state index contributed by atoms with van der Waals surface area (Å²) in [5.41, 5.74) is 3.72. The number of hydrogen-bond donors (Lipinski definition) is 1. The maximum atomic E-state index is 12.5. The number of anilines is 2. The fourth-order valence-electron chi connectivity index (χ4n) is 2.93. The first kappa shape index (κ1) is 16.7. The van der Waals surface area contributed by atoms with E-state index in [1.807, 2.05) is 56.3 Å². The zero-order valence-corrected chi connectivity index (χ0v) is 15.3. The maximum absolute atomic E-state index is 12.5. The molecular formula is C19H19BrN2O2. The second-order valence-electron chi connectivity index (χ2n) is 6.19. The van der Waals surface area contributed by atoms with E-state index in [1.54, 1.807) is 4.90 Å². The van der Waals surface area contributed by atoms with E-state index in [9.17, 15) is 9.59 Å². The molecule has 0 radical (unpaired) electrons. The van der Waals surface area contributed by atoms with E-state index in [0.29, 0.717) is 6.54 Å². The van der Waals surface area contributed by atoms with Gasteiger partial charge in [0.25, 0.3) is 0 Å². The third kappa shape index (κ3) is 3.51. The van der Waals surface area contributed by atoms with Gasteiger partial charge in [0.05, 0.1) is 5.92 Å². The number of aryl methyl sites for hydroxylation is 2. The van der Waals surface area contributed by atoms with Gasteiger partial charge in [-0.2, -0.15) is 0 Å². The quantitative estimate of drug-likeness (QED) is 0.864. The fourth-order valence-corrected chi connectivity index (χ4v) is 3.41. The monoisotopic (exact) mass is 386 g/mol. The molecule has 0 aromatic heterocycles. The highest BCUT2D eigenvalue weighted by atomic mass is 79.9. The molecule has 2 amide bonds. The Bertz CT molecular complexity index is 804. The van der Waals surface area contributed by atoms with Crippen molar-refractivity contribution in [2.45, 2.75) is 20.3 Å². The van der Waals surface area contributed by atoms with Gasteiger partial charge in [-0.1, -0.05) is 28.1 Å². The molecule has 0 spiro atoms. The van der Waals surface area contributed by atoms with Crippen molar-refractivity contribution in [1.29, 1.82) is 0 Å². The molecule has 2 aromatic carbocycles. The second-order valence-corrected chi connectivity index (χ2v) is 7.11. The predicted octanol–water partition coefficient (Wildman–Crippen LogP) is 4.06. The first-order valence-electron chi connectivity index (χ1n) is 7.88. The summed E-state index contributed by atoms with van der Waals surface area (Å²) in [6.45, 7) is 4.35. The molecule has 1 atom stereocenters. The number of rotatable bonds is 3. The molecule has 1 fully saturated rings. The summed E-state index contributed by atoms with van der Waals surface area (Å²) in [7, 11) is 0. The Morgan fingerprint density at radius 2 is 2.00 bits per heavy atom. The zero-order valence-electron chi connectivity index (χ0n) is 13.7. The number of nitrogens with zero attached hydrogens (tertiary/aromatic N) is 1. The van der Waals surface area contributed by atoms with Gasteiger partial charge in [0.2, 0.25) is 11.8 Å². The molecule has 1 aliphatic heterocycles. The largest absolute Gasteiger partial charge is 0.326 e. The van der Waals surface area contributed by atoms with Gasteiger partial charge in [0, 0.05) is 28.8 Å². The Morgan fingerprint density at radius 1 is 1.21 bits per heavy atom. The van der Waals surface area contributed by atoms with Gasteiger partial charge >= 0.3 is 0 Å². The van der Waals surface area contributed by atoms with Gasteiger partial charge in [0.1, 0.15) is 0 Å². The minimum atomic E-state index is -0.332. The first-order chi connectivity index (χ1) is 11.4. The van der Waals surface area contributed by atoms with Crippen molar-refractivity contribution in [2.24, 2.45) is 5.92 Å². The second kappa shape index (κ2) is 6.77. The van der Waals surface area contributed by atoms with E-state index in [1.165, 1.54) is 0 Å². The Hall–Kier alpha value is -2.14. The number of benzene rings is 2. The van der Waals surface area contributed by atoms with Gasteiger partial charge in [-0.3, -0.25) is 9.59 Å². The number of amides is 2. The highest BCUT2D eigenvalue weighted by Crippen LogP contribution is 2.27. The normalized spacial score (nSPS) is 17.2. The summed E-state index contributed by atoms with van der Waals surface area (Å²) < 4.78 is 0.972. The third-order valence-corrected chi connectivity index (χ3v) is 4.75. The van der Waals surface area contributed by atoms with E-state index in [-0.39, 0.29) is 24.2 Å². The topological polar surface area (TPSA) is 49.4 Å². The molecule has 2 aromatic rings. The highest BCUT2D eigenvalue weighted by Gasteiger charge is 2.35. The average molecular weight is 387 g/mol. The summed E-state index contributed by atoms with van der Waals surface area (Å²) in [6, 6.07) is 13.5. The van der Waals surface area contributed by atoms with Gasteiger partial charge < -0.3 is 10.2 Å². The van der Waals surface area contributed by atoms with Crippen LogP contribution in [0.3, 0.4) is 0 Å². The van der Waals surface area contributed by atoms with Crippen LogP contribution in [0, 0.1) is 19.8 Å². The van der Waals surface area contributed by atoms with Crippen LogP contribution in [0.4, 0.5) is 11.4 Å². The SMILES string of the molecule is Cc1cccc(N2C[C@@H](C(=O)Nc3ccc(Br)cc3C)CC2=O)c1. The number of carbonyl (C=O) groups is 2. The lowest BCUT2D eigenvalue weighted by Crippen LogP contribution is -2.28. The lowest BCUT2D eigenvalue weighted by molar-refractivity contribution is -0.122. The summed E-state index contributed by atoms with van der Waals surface area (Å²) in [4.78, 5) is 26.5. The lowest BCUT2D eigenvalue weighted by atomic mass is 10.1. The summed E-state index contributed by atoms with van der Waals surface area (Å²) in [5, 5.41) is 2.94. The maximum Gasteiger partial charge on any atom is 0.229 e. The Morgan fingerprint density at radius 3 is 2.71 bits per heavy atom. The molecule has 0 bridgehead atoms. The van der Waals surface area contributed by atoms with Crippen LogP contribution in [0.2, 0.25) is 0 Å². The van der Waals surface area contributed by atoms with Crippen LogP contribution >= 0.6 is 15.9 Å². The van der Waals surface area contributed by atoms with Crippen molar-refractivity contribution in [2.75, 3.05) is 16.8 Å². The molecule has 24 heavy (non-hydrogen) atoms. The number of hydrogen-bond acceptors (Lipinski definition) is 2. The predicted molar refractivity (Wildman–Crippen MR) is 99.1 cm³/mol. The van der Waals surface area contributed by atoms with E-state index in [0.717, 1.165) is 27.0 Å². The van der Waals surface area contributed by atoms with Crippen LogP contribution in [-0.2, 0) is 9.59 Å². The Labute approximate surface area is 150 Å². The first-order valence-corrected chi connectivity index (χ1v) is 8.67. The van der Waals surface area contributed by atoms with Gasteiger partial charge in [0.15, 0.2) is 0 Å². The van der Waals surface area contributed by atoms with E-state index >= 15 is 0 Å². The minimum Gasteiger partial charge on any atom is -0.326 e. The van der Waals surface area contributed by atoms with E-state index in [4.69, 9.17) is 0 Å². The van der Waals surface area contributed by atoms with Crippen molar-refractivity contribution in [3.63, 3.8) is 0 Å². The zero-order chi connectivity index (χ0) is 17.3. The lowest BCUT2D eigenvalue weighted by Gasteiger charge is -2.17. The number of halogens is 1. The number of carbonyl (C=O) groups excluding carboxylic acids is 2. The molecule has 0 unspecified atom stereocenters. The average Bonchev–Trinajstić information content (AvgIpc) is 2.92. The molecule has 3 rings (SSSR count). The molecular weight excluding hydrogens is 368 g/mol. The van der Waals surface area contributed by atoms with Gasteiger partial charge in [-0.05, 0) is 55.3 Å².